The number of morpholine rings is 1. The third-order valence-electron chi connectivity index (χ3n) is 2.73. The lowest BCUT2D eigenvalue weighted by molar-refractivity contribution is -0.146. The van der Waals surface area contributed by atoms with Gasteiger partial charge in [-0.15, -0.1) is 0 Å². The lowest BCUT2D eigenvalue weighted by Gasteiger charge is -2.35. The van der Waals surface area contributed by atoms with Crippen LogP contribution in [0.1, 0.15) is 12.8 Å². The molecule has 1 amide bonds. The first kappa shape index (κ1) is 13.9. The highest BCUT2D eigenvalue weighted by atomic mass is 16.5. The highest BCUT2D eigenvalue weighted by molar-refractivity contribution is 5.78. The lowest BCUT2D eigenvalue weighted by Crippen LogP contribution is -2.50. The van der Waals surface area contributed by atoms with E-state index in [1.807, 2.05) is 19.0 Å². The maximum atomic E-state index is 11.9. The number of aliphatic carboxylic acids is 1. The fraction of sp³-hybridized carbons (Fsp3) is 0.818. The van der Waals surface area contributed by atoms with Gasteiger partial charge in [-0.1, -0.05) is 0 Å². The molecular weight excluding hydrogens is 224 g/mol. The van der Waals surface area contributed by atoms with Gasteiger partial charge in [-0.25, -0.2) is 0 Å². The number of carbonyl (C=O) groups excluding carboxylic acids is 1. The molecule has 0 bridgehead atoms. The molecule has 1 fully saturated rings. The Morgan fingerprint density at radius 3 is 2.76 bits per heavy atom. The van der Waals surface area contributed by atoms with Crippen molar-refractivity contribution in [3.63, 3.8) is 0 Å². The molecule has 0 radical (unpaired) electrons. The number of nitrogens with zero attached hydrogens (tertiary/aromatic N) is 2. The molecule has 1 saturated heterocycles. The van der Waals surface area contributed by atoms with Crippen molar-refractivity contribution in [1.82, 2.24) is 9.80 Å². The number of carboxylic acid groups (broad SMARTS) is 1. The molecule has 0 aliphatic carbocycles. The van der Waals surface area contributed by atoms with E-state index >= 15 is 0 Å². The predicted molar refractivity (Wildman–Crippen MR) is 61.7 cm³/mol. The number of carbonyl (C=O) groups is 2. The molecule has 1 aliphatic heterocycles. The minimum Gasteiger partial charge on any atom is -0.481 e. The normalized spacial score (nSPS) is 20.6. The summed E-state index contributed by atoms with van der Waals surface area (Å²) in [6.07, 6.45) is 0.372. The Balaban J connectivity index is 2.51. The van der Waals surface area contributed by atoms with Crippen LogP contribution >= 0.6 is 0 Å². The Labute approximate surface area is 101 Å². The zero-order chi connectivity index (χ0) is 12.8. The summed E-state index contributed by atoms with van der Waals surface area (Å²) in [6, 6.07) is -0.323. The molecule has 0 saturated carbocycles. The summed E-state index contributed by atoms with van der Waals surface area (Å²) in [4.78, 5) is 26.2. The maximum Gasteiger partial charge on any atom is 0.305 e. The molecule has 1 unspecified atom stereocenters. The number of hydrogen-bond acceptors (Lipinski definition) is 4. The Morgan fingerprint density at radius 2 is 2.18 bits per heavy atom. The van der Waals surface area contributed by atoms with E-state index in [-0.39, 0.29) is 18.4 Å². The van der Waals surface area contributed by atoms with Gasteiger partial charge in [-0.2, -0.15) is 0 Å². The Bertz CT molecular complexity index is 281. The van der Waals surface area contributed by atoms with Gasteiger partial charge < -0.3 is 19.6 Å². The van der Waals surface area contributed by atoms with Gasteiger partial charge in [-0.3, -0.25) is 9.59 Å². The second kappa shape index (κ2) is 6.56. The third kappa shape index (κ3) is 4.70. The standard InChI is InChI=1S/C11H20N2O4/c1-12(2)4-3-10(14)13-5-6-17-8-9(13)7-11(15)16/h9H,3-8H2,1-2H3,(H,15,16). The SMILES string of the molecule is CN(C)CCC(=O)N1CCOCC1CC(=O)O. The van der Waals surface area contributed by atoms with Crippen LogP contribution < -0.4 is 0 Å². The van der Waals surface area contributed by atoms with Crippen LogP contribution in [0.25, 0.3) is 0 Å². The largest absolute Gasteiger partial charge is 0.481 e. The number of rotatable bonds is 5. The van der Waals surface area contributed by atoms with Crippen LogP contribution in [-0.2, 0) is 14.3 Å². The summed E-state index contributed by atoms with van der Waals surface area (Å²) in [6.45, 7) is 1.98. The van der Waals surface area contributed by atoms with E-state index in [9.17, 15) is 9.59 Å². The van der Waals surface area contributed by atoms with Gasteiger partial charge in [0, 0.05) is 19.5 Å². The fourth-order valence-corrected chi connectivity index (χ4v) is 1.82. The highest BCUT2D eigenvalue weighted by Crippen LogP contribution is 2.12. The molecule has 1 aliphatic rings. The molecule has 0 aromatic rings. The minimum absolute atomic E-state index is 0.00764. The van der Waals surface area contributed by atoms with Gasteiger partial charge >= 0.3 is 5.97 Å². The molecule has 1 N–H and O–H groups in total. The van der Waals surface area contributed by atoms with E-state index in [0.717, 1.165) is 0 Å². The summed E-state index contributed by atoms with van der Waals surface area (Å²) in [5.41, 5.74) is 0. The maximum absolute atomic E-state index is 11.9. The topological polar surface area (TPSA) is 70.1 Å². The van der Waals surface area contributed by atoms with E-state index in [0.29, 0.717) is 32.7 Å². The van der Waals surface area contributed by atoms with Crippen LogP contribution in [0.15, 0.2) is 0 Å². The Kier molecular flexibility index (Phi) is 5.37. The molecule has 17 heavy (non-hydrogen) atoms. The molecule has 6 heteroatoms. The van der Waals surface area contributed by atoms with Crippen molar-refractivity contribution in [2.75, 3.05) is 40.4 Å². The average molecular weight is 244 g/mol. The molecule has 6 nitrogen and oxygen atoms in total. The zero-order valence-corrected chi connectivity index (χ0v) is 10.4. The van der Waals surface area contributed by atoms with E-state index in [4.69, 9.17) is 9.84 Å². The summed E-state index contributed by atoms with van der Waals surface area (Å²) in [7, 11) is 3.81. The molecule has 1 rings (SSSR count). The van der Waals surface area contributed by atoms with Gasteiger partial charge in [-0.05, 0) is 14.1 Å². The van der Waals surface area contributed by atoms with Crippen LogP contribution in [0.5, 0.6) is 0 Å². The first-order chi connectivity index (χ1) is 8.00. The van der Waals surface area contributed by atoms with Gasteiger partial charge in [0.05, 0.1) is 25.7 Å². The van der Waals surface area contributed by atoms with Gasteiger partial charge in [0.25, 0.3) is 0 Å². The fourth-order valence-electron chi connectivity index (χ4n) is 1.82. The van der Waals surface area contributed by atoms with Crippen LogP contribution in [0.4, 0.5) is 0 Å². The Morgan fingerprint density at radius 1 is 1.47 bits per heavy atom. The van der Waals surface area contributed by atoms with Crippen molar-refractivity contribution in [1.29, 1.82) is 0 Å². The molecule has 0 aromatic heterocycles. The molecule has 1 heterocycles. The summed E-state index contributed by atoms with van der Waals surface area (Å²) in [5, 5.41) is 8.78. The zero-order valence-electron chi connectivity index (χ0n) is 10.4. The molecule has 0 aromatic carbocycles. The van der Waals surface area contributed by atoms with Crippen molar-refractivity contribution in [2.45, 2.75) is 18.9 Å². The lowest BCUT2D eigenvalue weighted by atomic mass is 10.1. The van der Waals surface area contributed by atoms with Crippen molar-refractivity contribution < 1.29 is 19.4 Å². The number of amides is 1. The van der Waals surface area contributed by atoms with Crippen molar-refractivity contribution >= 4 is 11.9 Å². The molecule has 0 spiro atoms. The van der Waals surface area contributed by atoms with E-state index < -0.39 is 5.97 Å². The first-order valence-corrected chi connectivity index (χ1v) is 5.74. The number of carboxylic acids is 1. The van der Waals surface area contributed by atoms with Gasteiger partial charge in [0.2, 0.25) is 5.91 Å². The monoisotopic (exact) mass is 244 g/mol. The third-order valence-corrected chi connectivity index (χ3v) is 2.73. The van der Waals surface area contributed by atoms with Crippen molar-refractivity contribution in [2.24, 2.45) is 0 Å². The average Bonchev–Trinajstić information content (AvgIpc) is 2.25. The van der Waals surface area contributed by atoms with E-state index in [1.54, 1.807) is 4.90 Å². The summed E-state index contributed by atoms with van der Waals surface area (Å²) < 4.78 is 5.22. The molecule has 98 valence electrons. The second-order valence-corrected chi connectivity index (χ2v) is 4.47. The van der Waals surface area contributed by atoms with Crippen LogP contribution in [0.3, 0.4) is 0 Å². The first-order valence-electron chi connectivity index (χ1n) is 5.74. The Hall–Kier alpha value is -1.14. The van der Waals surface area contributed by atoms with Crippen LogP contribution in [-0.4, -0.2) is 73.2 Å². The van der Waals surface area contributed by atoms with E-state index in [1.165, 1.54) is 0 Å². The van der Waals surface area contributed by atoms with Crippen molar-refractivity contribution in [3.8, 4) is 0 Å². The number of hydrogen-bond donors (Lipinski definition) is 1. The van der Waals surface area contributed by atoms with Crippen LogP contribution in [0.2, 0.25) is 0 Å². The van der Waals surface area contributed by atoms with Crippen LogP contribution in [0, 0.1) is 0 Å². The minimum atomic E-state index is -0.897. The summed E-state index contributed by atoms with van der Waals surface area (Å²) in [5.74, 6) is -0.890. The van der Waals surface area contributed by atoms with Gasteiger partial charge in [0.15, 0.2) is 0 Å². The highest BCUT2D eigenvalue weighted by Gasteiger charge is 2.28. The summed E-state index contributed by atoms with van der Waals surface area (Å²) >= 11 is 0. The van der Waals surface area contributed by atoms with E-state index in [2.05, 4.69) is 0 Å². The van der Waals surface area contributed by atoms with Gasteiger partial charge in [0.1, 0.15) is 0 Å². The smallest absolute Gasteiger partial charge is 0.305 e. The quantitative estimate of drug-likeness (QED) is 0.715. The number of ether oxygens (including phenoxy) is 1. The second-order valence-electron chi connectivity index (χ2n) is 4.47. The molecule has 1 atom stereocenters. The predicted octanol–water partition coefficient (Wildman–Crippen LogP) is -0.360. The molecular formula is C11H20N2O4. The van der Waals surface area contributed by atoms with Crippen molar-refractivity contribution in [3.05, 3.63) is 0 Å².